The number of allylic oxidation sites excluding steroid dienone is 2. The zero-order valence-electron chi connectivity index (χ0n) is 24.9. The molecular weight excluding hydrogens is 524 g/mol. The van der Waals surface area contributed by atoms with Crippen molar-refractivity contribution >= 4 is 22.6 Å². The van der Waals surface area contributed by atoms with E-state index in [1.54, 1.807) is 6.08 Å². The lowest BCUT2D eigenvalue weighted by Gasteiger charge is -2.33. The van der Waals surface area contributed by atoms with Gasteiger partial charge in [-0.2, -0.15) is 0 Å². The van der Waals surface area contributed by atoms with Crippen molar-refractivity contribution in [3.63, 3.8) is 0 Å². The second-order valence-corrected chi connectivity index (χ2v) is 11.2. The van der Waals surface area contributed by atoms with Gasteiger partial charge in [0.2, 0.25) is 0 Å². The number of benzene rings is 1. The summed E-state index contributed by atoms with van der Waals surface area (Å²) in [5.74, 6) is 0.731. The molecule has 0 atom stereocenters. The molecule has 4 heterocycles. The third kappa shape index (κ3) is 6.24. The molecule has 1 saturated heterocycles. The summed E-state index contributed by atoms with van der Waals surface area (Å²) in [4.78, 5) is 38.8. The van der Waals surface area contributed by atoms with Crippen LogP contribution in [-0.2, 0) is 19.5 Å². The quantitative estimate of drug-likeness (QED) is 0.263. The number of carbonyl (C=O) groups excluding carboxylic acids is 1. The fourth-order valence-corrected chi connectivity index (χ4v) is 5.59. The Labute approximate surface area is 247 Å². The molecular formula is C34H40N6O2. The summed E-state index contributed by atoms with van der Waals surface area (Å²) >= 11 is 0. The van der Waals surface area contributed by atoms with Crippen LogP contribution in [0.3, 0.4) is 0 Å². The number of aromatic nitrogens is 3. The molecule has 0 unspecified atom stereocenters. The maximum absolute atomic E-state index is 13.7. The Balaban J connectivity index is 1.49. The van der Waals surface area contributed by atoms with E-state index >= 15 is 0 Å². The van der Waals surface area contributed by atoms with E-state index in [4.69, 9.17) is 4.98 Å². The number of nitrogens with zero attached hydrogens (tertiary/aromatic N) is 4. The van der Waals surface area contributed by atoms with E-state index < -0.39 is 0 Å². The monoisotopic (exact) mass is 564 g/mol. The lowest BCUT2D eigenvalue weighted by atomic mass is 10.00. The Kier molecular flexibility index (Phi) is 8.73. The molecule has 8 heteroatoms. The van der Waals surface area contributed by atoms with Crippen molar-refractivity contribution < 1.29 is 4.79 Å². The first-order valence-electron chi connectivity index (χ1n) is 14.6. The Morgan fingerprint density at radius 1 is 1.12 bits per heavy atom. The molecule has 1 fully saturated rings. The van der Waals surface area contributed by atoms with Crippen LogP contribution in [0.5, 0.6) is 0 Å². The number of anilines is 1. The molecule has 1 aromatic carbocycles. The molecule has 3 aromatic heterocycles. The largest absolute Gasteiger partial charge is 0.354 e. The normalized spacial score (nSPS) is 13.8. The molecule has 42 heavy (non-hydrogen) atoms. The van der Waals surface area contributed by atoms with Gasteiger partial charge in [0.25, 0.3) is 11.5 Å². The van der Waals surface area contributed by atoms with Crippen LogP contribution in [0.2, 0.25) is 0 Å². The number of likely N-dealkylation sites (N-methyl/N-ethyl adjacent to an activating group) is 1. The highest BCUT2D eigenvalue weighted by Crippen LogP contribution is 2.30. The van der Waals surface area contributed by atoms with Gasteiger partial charge in [0.05, 0.1) is 0 Å². The summed E-state index contributed by atoms with van der Waals surface area (Å²) in [6.07, 6.45) is 7.30. The fraction of sp³-hybridized carbons (Fsp3) is 0.324. The number of pyridine rings is 2. The van der Waals surface area contributed by atoms with E-state index in [1.807, 2.05) is 37.5 Å². The molecule has 8 nitrogen and oxygen atoms in total. The lowest BCUT2D eigenvalue weighted by molar-refractivity contribution is 0.0952. The van der Waals surface area contributed by atoms with Crippen molar-refractivity contribution in [1.82, 2.24) is 24.8 Å². The molecule has 1 aliphatic rings. The van der Waals surface area contributed by atoms with Crippen LogP contribution in [0, 0.1) is 6.92 Å². The molecule has 0 radical (unpaired) electrons. The van der Waals surface area contributed by atoms with Crippen molar-refractivity contribution in [2.24, 2.45) is 0 Å². The third-order valence-electron chi connectivity index (χ3n) is 8.01. The fourth-order valence-electron chi connectivity index (χ4n) is 5.59. The standard InChI is InChI=1S/C34H40N6O2/c1-6-8-25-17-24(4)37-34(42)30(25)21-36-33(41)29-18-27(19-31-28(29)11-12-40(31)22-23(3)7-2)26-9-10-32(35-20-26)39-15-13-38(5)14-16-39/h7,9-12,17-20H,2-3,6,8,13-16,21-22H2,1,4-5H3,(H,36,41)(H,37,42). The first-order valence-corrected chi connectivity index (χ1v) is 14.6. The number of nitrogens with one attached hydrogen (secondary N) is 2. The number of fused-ring (bicyclic) bond motifs is 1. The number of aromatic amines is 1. The van der Waals surface area contributed by atoms with Gasteiger partial charge < -0.3 is 24.7 Å². The minimum Gasteiger partial charge on any atom is -0.354 e. The van der Waals surface area contributed by atoms with E-state index in [1.165, 1.54) is 0 Å². The smallest absolute Gasteiger partial charge is 0.253 e. The van der Waals surface area contributed by atoms with Crippen LogP contribution in [0.1, 0.15) is 40.5 Å². The number of hydrogen-bond donors (Lipinski definition) is 2. The van der Waals surface area contributed by atoms with Gasteiger partial charge in [0.15, 0.2) is 0 Å². The number of rotatable bonds is 10. The molecule has 2 N–H and O–H groups in total. The zero-order valence-corrected chi connectivity index (χ0v) is 24.9. The molecule has 0 aliphatic carbocycles. The maximum Gasteiger partial charge on any atom is 0.253 e. The Morgan fingerprint density at radius 2 is 1.90 bits per heavy atom. The Morgan fingerprint density at radius 3 is 2.60 bits per heavy atom. The van der Waals surface area contributed by atoms with Gasteiger partial charge in [0.1, 0.15) is 5.82 Å². The van der Waals surface area contributed by atoms with Crippen LogP contribution in [0.15, 0.2) is 78.4 Å². The molecule has 4 aromatic rings. The molecule has 0 bridgehead atoms. The van der Waals surface area contributed by atoms with Gasteiger partial charge in [-0.05, 0) is 73.5 Å². The summed E-state index contributed by atoms with van der Waals surface area (Å²) in [5.41, 5.74) is 6.42. The maximum atomic E-state index is 13.7. The molecule has 1 aliphatic heterocycles. The van der Waals surface area contributed by atoms with Gasteiger partial charge >= 0.3 is 0 Å². The highest BCUT2D eigenvalue weighted by atomic mass is 16.1. The van der Waals surface area contributed by atoms with Gasteiger partial charge in [-0.15, -0.1) is 0 Å². The summed E-state index contributed by atoms with van der Waals surface area (Å²) in [6.45, 7) is 16.5. The van der Waals surface area contributed by atoms with Crippen molar-refractivity contribution in [3.05, 3.63) is 106 Å². The highest BCUT2D eigenvalue weighted by molar-refractivity contribution is 6.08. The van der Waals surface area contributed by atoms with Crippen molar-refractivity contribution in [3.8, 4) is 11.1 Å². The second-order valence-electron chi connectivity index (χ2n) is 11.2. The summed E-state index contributed by atoms with van der Waals surface area (Å²) in [7, 11) is 2.14. The van der Waals surface area contributed by atoms with E-state index in [0.29, 0.717) is 17.7 Å². The molecule has 218 valence electrons. The van der Waals surface area contributed by atoms with E-state index in [2.05, 4.69) is 70.0 Å². The van der Waals surface area contributed by atoms with Crippen molar-refractivity contribution in [2.45, 2.75) is 39.8 Å². The molecule has 0 spiro atoms. The number of aryl methyl sites for hydroxylation is 2. The minimum atomic E-state index is -0.230. The van der Waals surface area contributed by atoms with Crippen LogP contribution >= 0.6 is 0 Å². The highest BCUT2D eigenvalue weighted by Gasteiger charge is 2.19. The first kappa shape index (κ1) is 29.1. The third-order valence-corrected chi connectivity index (χ3v) is 8.01. The lowest BCUT2D eigenvalue weighted by Crippen LogP contribution is -2.44. The van der Waals surface area contributed by atoms with Gasteiger partial charge in [-0.25, -0.2) is 4.98 Å². The van der Waals surface area contributed by atoms with Gasteiger partial charge in [-0.1, -0.05) is 32.6 Å². The van der Waals surface area contributed by atoms with Crippen LogP contribution < -0.4 is 15.8 Å². The van der Waals surface area contributed by atoms with E-state index in [9.17, 15) is 9.59 Å². The van der Waals surface area contributed by atoms with Crippen molar-refractivity contribution in [2.75, 3.05) is 38.1 Å². The second kappa shape index (κ2) is 12.6. The Hall–Kier alpha value is -4.43. The van der Waals surface area contributed by atoms with E-state index in [-0.39, 0.29) is 18.0 Å². The van der Waals surface area contributed by atoms with Gasteiger partial charge in [0, 0.05) is 84.9 Å². The van der Waals surface area contributed by atoms with E-state index in [0.717, 1.165) is 83.7 Å². The average molecular weight is 565 g/mol. The first-order chi connectivity index (χ1) is 20.3. The summed E-state index contributed by atoms with van der Waals surface area (Å²) in [5, 5.41) is 3.87. The van der Waals surface area contributed by atoms with Crippen LogP contribution in [-0.4, -0.2) is 58.6 Å². The summed E-state index contributed by atoms with van der Waals surface area (Å²) < 4.78 is 2.08. The predicted octanol–water partition coefficient (Wildman–Crippen LogP) is 5.08. The summed E-state index contributed by atoms with van der Waals surface area (Å²) in [6, 6.07) is 12.1. The SMILES string of the molecule is C=CC(=C)Cn1ccc2c(C(=O)NCc3c(CCC)cc(C)[nH]c3=O)cc(-c3ccc(N4CCN(C)CC4)nc3)cc21. The van der Waals surface area contributed by atoms with Crippen LogP contribution in [0.4, 0.5) is 5.82 Å². The number of amides is 1. The molecule has 0 saturated carbocycles. The predicted molar refractivity (Wildman–Crippen MR) is 171 cm³/mol. The number of H-pyrrole nitrogens is 1. The van der Waals surface area contributed by atoms with Crippen molar-refractivity contribution in [1.29, 1.82) is 0 Å². The molecule has 5 rings (SSSR count). The molecule has 1 amide bonds. The van der Waals surface area contributed by atoms with Crippen LogP contribution in [0.25, 0.3) is 22.0 Å². The Bertz CT molecular complexity index is 1670. The number of hydrogen-bond acceptors (Lipinski definition) is 5. The average Bonchev–Trinajstić information content (AvgIpc) is 3.39. The zero-order chi connectivity index (χ0) is 29.8. The topological polar surface area (TPSA) is 86.3 Å². The number of piperazine rings is 1. The van der Waals surface area contributed by atoms with Gasteiger partial charge in [-0.3, -0.25) is 9.59 Å². The number of carbonyl (C=O) groups is 1. The minimum absolute atomic E-state index is 0.154.